The first-order valence-electron chi connectivity index (χ1n) is 8.83. The van der Waals surface area contributed by atoms with Crippen LogP contribution in [0.1, 0.15) is 26.7 Å². The molecule has 1 aromatic rings. The number of aromatic nitrogens is 2. The minimum atomic E-state index is 0.00859. The van der Waals surface area contributed by atoms with Crippen molar-refractivity contribution < 1.29 is 14.3 Å². The molecule has 25 heavy (non-hydrogen) atoms. The van der Waals surface area contributed by atoms with Crippen molar-refractivity contribution in [3.05, 3.63) is 12.4 Å². The van der Waals surface area contributed by atoms with Gasteiger partial charge in [-0.25, -0.2) is 9.97 Å². The Morgan fingerprint density at radius 3 is 2.88 bits per heavy atom. The quantitative estimate of drug-likeness (QED) is 0.603. The lowest BCUT2D eigenvalue weighted by Crippen LogP contribution is -2.45. The molecule has 3 rings (SSSR count). The molecule has 138 valence electrons. The highest BCUT2D eigenvalue weighted by molar-refractivity contribution is 7.99. The summed E-state index contributed by atoms with van der Waals surface area (Å²) in [6, 6.07) is 1.95. The predicted molar refractivity (Wildman–Crippen MR) is 97.0 cm³/mol. The fraction of sp³-hybridized carbons (Fsp3) is 0.706. The van der Waals surface area contributed by atoms with Crippen LogP contribution in [0.25, 0.3) is 0 Å². The standard InChI is InChI=1S/C17H26N4O3S/c1-12-8-21(9-13(2)24-12)15-6-17(20-11-19-15)25-10-16(22)18-7-14-4-3-5-23-14/h6,11-14H,3-5,7-10H2,1-2H3,(H,18,22). The molecule has 0 radical (unpaired) electrons. The van der Waals surface area contributed by atoms with Gasteiger partial charge in [0.25, 0.3) is 0 Å². The fourth-order valence-electron chi connectivity index (χ4n) is 3.17. The maximum absolute atomic E-state index is 12.0. The van der Waals surface area contributed by atoms with Crippen molar-refractivity contribution in [1.29, 1.82) is 0 Å². The molecule has 0 aliphatic carbocycles. The molecule has 1 aromatic heterocycles. The van der Waals surface area contributed by atoms with Crippen LogP contribution in [-0.4, -0.2) is 66.2 Å². The Bertz CT molecular complexity index is 573. The van der Waals surface area contributed by atoms with E-state index in [4.69, 9.17) is 9.47 Å². The number of morpholine rings is 1. The van der Waals surface area contributed by atoms with Crippen molar-refractivity contribution in [1.82, 2.24) is 15.3 Å². The highest BCUT2D eigenvalue weighted by Gasteiger charge is 2.23. The zero-order valence-corrected chi connectivity index (χ0v) is 15.6. The van der Waals surface area contributed by atoms with Crippen LogP contribution >= 0.6 is 11.8 Å². The van der Waals surface area contributed by atoms with Crippen LogP contribution in [0.15, 0.2) is 17.4 Å². The second-order valence-electron chi connectivity index (χ2n) is 6.60. The Morgan fingerprint density at radius 1 is 1.36 bits per heavy atom. The topological polar surface area (TPSA) is 76.6 Å². The van der Waals surface area contributed by atoms with Crippen molar-refractivity contribution in [2.24, 2.45) is 0 Å². The van der Waals surface area contributed by atoms with Crippen molar-refractivity contribution in [2.45, 2.75) is 50.0 Å². The molecule has 2 aliphatic heterocycles. The zero-order chi connectivity index (χ0) is 17.6. The highest BCUT2D eigenvalue weighted by Crippen LogP contribution is 2.22. The molecular weight excluding hydrogens is 340 g/mol. The van der Waals surface area contributed by atoms with E-state index in [2.05, 4.69) is 34.0 Å². The molecule has 8 heteroatoms. The average molecular weight is 366 g/mol. The van der Waals surface area contributed by atoms with Crippen molar-refractivity contribution in [3.8, 4) is 0 Å². The van der Waals surface area contributed by atoms with E-state index < -0.39 is 0 Å². The number of carbonyl (C=O) groups excluding carboxylic acids is 1. The highest BCUT2D eigenvalue weighted by atomic mass is 32.2. The lowest BCUT2D eigenvalue weighted by molar-refractivity contribution is -0.119. The normalized spacial score (nSPS) is 26.6. The molecule has 3 atom stereocenters. The van der Waals surface area contributed by atoms with E-state index in [1.165, 1.54) is 11.8 Å². The number of carbonyl (C=O) groups is 1. The van der Waals surface area contributed by atoms with Crippen LogP contribution in [0.4, 0.5) is 5.82 Å². The molecular formula is C17H26N4O3S. The Labute approximate surface area is 152 Å². The summed E-state index contributed by atoms with van der Waals surface area (Å²) in [5.41, 5.74) is 0. The van der Waals surface area contributed by atoms with E-state index in [1.54, 1.807) is 6.33 Å². The summed E-state index contributed by atoms with van der Waals surface area (Å²) in [6.07, 6.45) is 4.20. The minimum absolute atomic E-state index is 0.00859. The van der Waals surface area contributed by atoms with Crippen molar-refractivity contribution in [2.75, 3.05) is 36.9 Å². The maximum Gasteiger partial charge on any atom is 0.230 e. The van der Waals surface area contributed by atoms with Gasteiger partial charge in [0.15, 0.2) is 0 Å². The van der Waals surface area contributed by atoms with Gasteiger partial charge in [0.05, 0.1) is 24.1 Å². The number of nitrogens with one attached hydrogen (secondary N) is 1. The number of anilines is 1. The summed E-state index contributed by atoms with van der Waals surface area (Å²) in [6.45, 7) is 7.16. The number of amides is 1. The first-order valence-corrected chi connectivity index (χ1v) is 9.82. The predicted octanol–water partition coefficient (Wildman–Crippen LogP) is 1.48. The lowest BCUT2D eigenvalue weighted by Gasteiger charge is -2.36. The van der Waals surface area contributed by atoms with Crippen LogP contribution < -0.4 is 10.2 Å². The van der Waals surface area contributed by atoms with Crippen LogP contribution in [0.2, 0.25) is 0 Å². The van der Waals surface area contributed by atoms with Gasteiger partial charge in [-0.05, 0) is 26.7 Å². The number of hydrogen-bond acceptors (Lipinski definition) is 7. The monoisotopic (exact) mass is 366 g/mol. The van der Waals surface area contributed by atoms with E-state index in [9.17, 15) is 4.79 Å². The van der Waals surface area contributed by atoms with Crippen LogP contribution in [0, 0.1) is 0 Å². The third-order valence-corrected chi connectivity index (χ3v) is 5.20. The van der Waals surface area contributed by atoms with Crippen molar-refractivity contribution >= 4 is 23.5 Å². The smallest absolute Gasteiger partial charge is 0.230 e. The molecule has 3 unspecified atom stereocenters. The van der Waals surface area contributed by atoms with Crippen LogP contribution in [0.5, 0.6) is 0 Å². The van der Waals surface area contributed by atoms with Crippen LogP contribution in [-0.2, 0) is 14.3 Å². The summed E-state index contributed by atoms with van der Waals surface area (Å²) in [7, 11) is 0. The molecule has 1 N–H and O–H groups in total. The van der Waals surface area contributed by atoms with E-state index in [-0.39, 0.29) is 24.2 Å². The minimum Gasteiger partial charge on any atom is -0.376 e. The largest absolute Gasteiger partial charge is 0.376 e. The van der Waals surface area contributed by atoms with E-state index >= 15 is 0 Å². The van der Waals surface area contributed by atoms with E-state index in [0.29, 0.717) is 12.3 Å². The Balaban J connectivity index is 1.48. The first kappa shape index (κ1) is 18.4. The van der Waals surface area contributed by atoms with Gasteiger partial charge in [-0.1, -0.05) is 11.8 Å². The third kappa shape index (κ3) is 5.55. The molecule has 0 bridgehead atoms. The van der Waals surface area contributed by atoms with E-state index in [1.807, 2.05) is 6.07 Å². The van der Waals surface area contributed by atoms with Crippen molar-refractivity contribution in [3.63, 3.8) is 0 Å². The Kier molecular flexibility index (Phi) is 6.50. The zero-order valence-electron chi connectivity index (χ0n) is 14.8. The van der Waals surface area contributed by atoms with Gasteiger partial charge in [0, 0.05) is 32.3 Å². The molecule has 0 aromatic carbocycles. The van der Waals surface area contributed by atoms with E-state index in [0.717, 1.165) is 43.4 Å². The molecule has 3 heterocycles. The first-order chi connectivity index (χ1) is 12.1. The van der Waals surface area contributed by atoms with Gasteiger partial charge < -0.3 is 19.7 Å². The number of thioether (sulfide) groups is 1. The molecule has 2 aliphatic rings. The van der Waals surface area contributed by atoms with Gasteiger partial charge in [0.1, 0.15) is 17.2 Å². The summed E-state index contributed by atoms with van der Waals surface area (Å²) in [5, 5.41) is 3.74. The molecule has 1 amide bonds. The average Bonchev–Trinajstić information content (AvgIpc) is 3.11. The summed E-state index contributed by atoms with van der Waals surface area (Å²) < 4.78 is 11.3. The summed E-state index contributed by atoms with van der Waals surface area (Å²) >= 11 is 1.43. The number of nitrogens with zero attached hydrogens (tertiary/aromatic N) is 3. The SMILES string of the molecule is CC1CN(c2cc(SCC(=O)NCC3CCCO3)ncn2)CC(C)O1. The maximum atomic E-state index is 12.0. The van der Waals surface area contributed by atoms with Gasteiger partial charge in [-0.3, -0.25) is 4.79 Å². The fourth-order valence-corrected chi connectivity index (χ4v) is 3.86. The number of ether oxygens (including phenoxy) is 2. The van der Waals surface area contributed by atoms with Crippen LogP contribution in [0.3, 0.4) is 0 Å². The summed E-state index contributed by atoms with van der Waals surface area (Å²) in [5.74, 6) is 1.24. The number of rotatable bonds is 6. The van der Waals surface area contributed by atoms with Gasteiger partial charge in [-0.15, -0.1) is 0 Å². The Morgan fingerprint density at radius 2 is 2.16 bits per heavy atom. The molecule has 7 nitrogen and oxygen atoms in total. The molecule has 2 fully saturated rings. The summed E-state index contributed by atoms with van der Waals surface area (Å²) in [4.78, 5) is 22.8. The van der Waals surface area contributed by atoms with Gasteiger partial charge in [-0.2, -0.15) is 0 Å². The third-order valence-electron chi connectivity index (χ3n) is 4.27. The lowest BCUT2D eigenvalue weighted by atomic mass is 10.2. The molecule has 0 saturated carbocycles. The molecule has 2 saturated heterocycles. The van der Waals surface area contributed by atoms with Gasteiger partial charge in [0.2, 0.25) is 5.91 Å². The Hall–Kier alpha value is -1.38. The second-order valence-corrected chi connectivity index (χ2v) is 7.60. The van der Waals surface area contributed by atoms with Gasteiger partial charge >= 0.3 is 0 Å². The number of hydrogen-bond donors (Lipinski definition) is 1. The molecule has 0 spiro atoms. The second kappa shape index (κ2) is 8.82.